The van der Waals surface area contributed by atoms with E-state index < -0.39 is 0 Å². The topological polar surface area (TPSA) is 22.0 Å². The lowest BCUT2D eigenvalue weighted by Gasteiger charge is -2.24. The van der Waals surface area contributed by atoms with Crippen LogP contribution >= 0.6 is 0 Å². The quantitative estimate of drug-likeness (QED) is 0.672. The van der Waals surface area contributed by atoms with Gasteiger partial charge in [0.15, 0.2) is 5.43 Å². The molecule has 0 aliphatic carbocycles. The number of rotatable bonds is 1. The van der Waals surface area contributed by atoms with Gasteiger partial charge in [-0.15, -0.1) is 0 Å². The summed E-state index contributed by atoms with van der Waals surface area (Å²) in [5.41, 5.74) is 1.07. The van der Waals surface area contributed by atoms with Crippen LogP contribution in [0.25, 0.3) is 0 Å². The predicted molar refractivity (Wildman–Crippen MR) is 59.8 cm³/mol. The van der Waals surface area contributed by atoms with E-state index in [4.69, 9.17) is 0 Å². The first-order valence-electron chi connectivity index (χ1n) is 5.05. The smallest absolute Gasteiger partial charge is 0.184 e. The molecule has 0 saturated carbocycles. The first-order valence-corrected chi connectivity index (χ1v) is 5.05. The van der Waals surface area contributed by atoms with Crippen molar-refractivity contribution in [1.82, 2.24) is 4.57 Å². The summed E-state index contributed by atoms with van der Waals surface area (Å²) in [4.78, 5) is 11.5. The first kappa shape index (κ1) is 11.0. The second kappa shape index (κ2) is 3.60. The summed E-state index contributed by atoms with van der Waals surface area (Å²) in [6.45, 7) is 10.5. The Morgan fingerprint density at radius 2 is 1.86 bits per heavy atom. The van der Waals surface area contributed by atoms with Gasteiger partial charge in [-0.2, -0.15) is 0 Å². The van der Waals surface area contributed by atoms with Crippen LogP contribution in [0.3, 0.4) is 0 Å². The van der Waals surface area contributed by atoms with Crippen molar-refractivity contribution in [2.75, 3.05) is 0 Å². The highest BCUT2D eigenvalue weighted by molar-refractivity contribution is 5.15. The van der Waals surface area contributed by atoms with E-state index in [0.717, 1.165) is 5.56 Å². The van der Waals surface area contributed by atoms with Crippen LogP contribution in [0.2, 0.25) is 0 Å². The Labute approximate surface area is 85.6 Å². The molecule has 0 amide bonds. The molecule has 2 heteroatoms. The molecular formula is C12H19NO. The molecule has 14 heavy (non-hydrogen) atoms. The number of pyridine rings is 1. The van der Waals surface area contributed by atoms with Gasteiger partial charge in [0.05, 0.1) is 0 Å². The fraction of sp³-hybridized carbons (Fsp3) is 0.583. The Hall–Kier alpha value is -1.05. The van der Waals surface area contributed by atoms with Gasteiger partial charge in [0, 0.05) is 29.6 Å². The van der Waals surface area contributed by atoms with Crippen LogP contribution in [0, 0.1) is 0 Å². The summed E-state index contributed by atoms with van der Waals surface area (Å²) >= 11 is 0. The number of hydrogen-bond acceptors (Lipinski definition) is 1. The molecule has 0 unspecified atom stereocenters. The highest BCUT2D eigenvalue weighted by atomic mass is 16.1. The van der Waals surface area contributed by atoms with E-state index in [9.17, 15) is 4.79 Å². The van der Waals surface area contributed by atoms with Gasteiger partial charge in [0.1, 0.15) is 0 Å². The van der Waals surface area contributed by atoms with Crippen LogP contribution in [-0.4, -0.2) is 4.57 Å². The molecule has 78 valence electrons. The van der Waals surface area contributed by atoms with Crippen LogP contribution in [0.5, 0.6) is 0 Å². The van der Waals surface area contributed by atoms with E-state index in [1.54, 1.807) is 6.07 Å². The average Bonchev–Trinajstić information content (AvgIpc) is 2.02. The van der Waals surface area contributed by atoms with E-state index in [2.05, 4.69) is 25.3 Å². The van der Waals surface area contributed by atoms with Gasteiger partial charge in [-0.05, 0) is 26.7 Å². The highest BCUT2D eigenvalue weighted by Gasteiger charge is 2.13. The lowest BCUT2D eigenvalue weighted by Crippen LogP contribution is -2.24. The first-order chi connectivity index (χ1) is 6.32. The lowest BCUT2D eigenvalue weighted by molar-refractivity contribution is 0.392. The summed E-state index contributed by atoms with van der Waals surface area (Å²) in [7, 11) is 0. The van der Waals surface area contributed by atoms with Crippen molar-refractivity contribution >= 4 is 0 Å². The molecule has 0 spiro atoms. The lowest BCUT2D eigenvalue weighted by atomic mass is 10.0. The van der Waals surface area contributed by atoms with Gasteiger partial charge in [0.25, 0.3) is 0 Å². The zero-order valence-corrected chi connectivity index (χ0v) is 9.66. The molecule has 2 nitrogen and oxygen atoms in total. The SMILES string of the molecule is CC(C)c1cn(C(C)(C)C)ccc1=O. The van der Waals surface area contributed by atoms with Crippen LogP contribution in [0.4, 0.5) is 0 Å². The molecule has 0 atom stereocenters. The van der Waals surface area contributed by atoms with Crippen molar-refractivity contribution < 1.29 is 0 Å². The third-order valence-electron chi connectivity index (χ3n) is 2.35. The Morgan fingerprint density at radius 3 is 2.29 bits per heavy atom. The summed E-state index contributed by atoms with van der Waals surface area (Å²) in [5.74, 6) is 0.289. The van der Waals surface area contributed by atoms with Crippen molar-refractivity contribution in [1.29, 1.82) is 0 Å². The number of nitrogens with zero attached hydrogens (tertiary/aromatic N) is 1. The molecule has 1 rings (SSSR count). The Morgan fingerprint density at radius 1 is 1.29 bits per heavy atom. The molecule has 0 aromatic carbocycles. The minimum absolute atomic E-state index is 0.0390. The molecule has 1 aromatic heterocycles. The Balaban J connectivity index is 3.27. The van der Waals surface area contributed by atoms with Gasteiger partial charge in [-0.1, -0.05) is 13.8 Å². The summed E-state index contributed by atoms with van der Waals surface area (Å²) < 4.78 is 2.09. The van der Waals surface area contributed by atoms with Gasteiger partial charge in [0.2, 0.25) is 0 Å². The molecular weight excluding hydrogens is 174 g/mol. The second-order valence-corrected chi connectivity index (χ2v) is 5.00. The van der Waals surface area contributed by atoms with Crippen molar-refractivity contribution in [3.05, 3.63) is 34.2 Å². The van der Waals surface area contributed by atoms with E-state index in [1.807, 2.05) is 26.2 Å². The van der Waals surface area contributed by atoms with Crippen LogP contribution in [-0.2, 0) is 5.54 Å². The minimum Gasteiger partial charge on any atom is -0.349 e. The summed E-state index contributed by atoms with van der Waals surface area (Å²) in [6.07, 6.45) is 3.82. The normalized spacial score (nSPS) is 12.1. The fourth-order valence-corrected chi connectivity index (χ4v) is 1.35. The summed E-state index contributed by atoms with van der Waals surface area (Å²) in [5, 5.41) is 0. The van der Waals surface area contributed by atoms with Crippen LogP contribution in [0.1, 0.15) is 46.1 Å². The third kappa shape index (κ3) is 2.25. The zero-order chi connectivity index (χ0) is 10.9. The molecule has 0 aliphatic heterocycles. The highest BCUT2D eigenvalue weighted by Crippen LogP contribution is 2.15. The maximum atomic E-state index is 11.5. The molecule has 0 saturated heterocycles. The van der Waals surface area contributed by atoms with E-state index >= 15 is 0 Å². The summed E-state index contributed by atoms with van der Waals surface area (Å²) in [6, 6.07) is 1.65. The van der Waals surface area contributed by atoms with Gasteiger partial charge in [-0.3, -0.25) is 4.79 Å². The van der Waals surface area contributed by atoms with Crippen LogP contribution < -0.4 is 5.43 Å². The largest absolute Gasteiger partial charge is 0.349 e. The predicted octanol–water partition coefficient (Wildman–Crippen LogP) is 2.73. The number of hydrogen-bond donors (Lipinski definition) is 0. The van der Waals surface area contributed by atoms with Crippen molar-refractivity contribution in [3.63, 3.8) is 0 Å². The van der Waals surface area contributed by atoms with E-state index in [-0.39, 0.29) is 16.9 Å². The minimum atomic E-state index is 0.0390. The third-order valence-corrected chi connectivity index (χ3v) is 2.35. The monoisotopic (exact) mass is 193 g/mol. The number of aromatic nitrogens is 1. The van der Waals surface area contributed by atoms with Crippen LogP contribution in [0.15, 0.2) is 23.3 Å². The van der Waals surface area contributed by atoms with Gasteiger partial charge in [-0.25, -0.2) is 0 Å². The van der Waals surface area contributed by atoms with Crippen molar-refractivity contribution in [2.24, 2.45) is 0 Å². The average molecular weight is 193 g/mol. The van der Waals surface area contributed by atoms with E-state index in [0.29, 0.717) is 0 Å². The molecule has 0 radical (unpaired) electrons. The zero-order valence-electron chi connectivity index (χ0n) is 9.66. The molecule has 1 aromatic rings. The molecule has 0 aliphatic rings. The maximum Gasteiger partial charge on any atom is 0.184 e. The van der Waals surface area contributed by atoms with Crippen molar-refractivity contribution in [2.45, 2.75) is 46.1 Å². The maximum absolute atomic E-state index is 11.5. The van der Waals surface area contributed by atoms with Gasteiger partial charge < -0.3 is 4.57 Å². The fourth-order valence-electron chi connectivity index (χ4n) is 1.35. The second-order valence-electron chi connectivity index (χ2n) is 5.00. The molecule has 0 bridgehead atoms. The standard InChI is InChI=1S/C12H19NO/c1-9(2)10-8-13(12(3,4)5)7-6-11(10)14/h6-9H,1-5H3. The van der Waals surface area contributed by atoms with Crippen molar-refractivity contribution in [3.8, 4) is 0 Å². The molecule has 0 fully saturated rings. The molecule has 1 heterocycles. The Bertz CT molecular complexity index is 369. The van der Waals surface area contributed by atoms with Gasteiger partial charge >= 0.3 is 0 Å². The van der Waals surface area contributed by atoms with E-state index in [1.165, 1.54) is 0 Å². The molecule has 0 N–H and O–H groups in total. The Kier molecular flexibility index (Phi) is 2.84.